The zero-order valence-corrected chi connectivity index (χ0v) is 11.4. The number of ether oxygens (including phenoxy) is 1. The van der Waals surface area contributed by atoms with Crippen LogP contribution in [-0.2, 0) is 10.2 Å². The predicted molar refractivity (Wildman–Crippen MR) is 71.6 cm³/mol. The molecule has 0 saturated heterocycles. The first-order chi connectivity index (χ1) is 8.85. The van der Waals surface area contributed by atoms with Crippen LogP contribution in [0.15, 0.2) is 29.4 Å². The quantitative estimate of drug-likeness (QED) is 0.295. The van der Waals surface area contributed by atoms with Crippen molar-refractivity contribution >= 4 is 21.7 Å². The van der Waals surface area contributed by atoms with Crippen molar-refractivity contribution in [3.63, 3.8) is 0 Å². The number of rotatable bonds is 6. The molecule has 4 N–H and O–H groups in total. The second-order valence-corrected chi connectivity index (χ2v) is 5.68. The summed E-state index contributed by atoms with van der Waals surface area (Å²) >= 11 is 0. The van der Waals surface area contributed by atoms with Gasteiger partial charge < -0.3 is 15.7 Å². The first-order valence-corrected chi connectivity index (χ1v) is 6.68. The van der Waals surface area contributed by atoms with Gasteiger partial charge in [-0.05, 0) is 12.1 Å². The Morgan fingerprint density at radius 2 is 2.21 bits per heavy atom. The van der Waals surface area contributed by atoms with Crippen molar-refractivity contribution in [1.82, 2.24) is 4.31 Å². The summed E-state index contributed by atoms with van der Waals surface area (Å²) in [6.45, 7) is -0.0968. The van der Waals surface area contributed by atoms with Crippen LogP contribution in [0.2, 0.25) is 0 Å². The van der Waals surface area contributed by atoms with Gasteiger partial charge in [0.2, 0.25) is 0 Å². The van der Waals surface area contributed by atoms with Gasteiger partial charge in [-0.3, -0.25) is 4.72 Å². The predicted octanol–water partition coefficient (Wildman–Crippen LogP) is 0.0301. The summed E-state index contributed by atoms with van der Waals surface area (Å²) in [5.41, 5.74) is 5.61. The number of oxime groups is 1. The van der Waals surface area contributed by atoms with Gasteiger partial charge in [0.1, 0.15) is 12.4 Å². The van der Waals surface area contributed by atoms with Crippen molar-refractivity contribution in [2.45, 2.75) is 0 Å². The molecule has 0 fully saturated rings. The standard InChI is InChI=1S/C10H16N4O4S/c1-14(2)19(16,17)13-8-4-3-5-9(6-8)18-7-10(11)12-15/h3-6,13,15H,7H2,1-2H3,(H2,11,12). The molecule has 0 radical (unpaired) electrons. The maximum absolute atomic E-state index is 11.6. The van der Waals surface area contributed by atoms with E-state index in [0.29, 0.717) is 11.4 Å². The number of amidine groups is 1. The smallest absolute Gasteiger partial charge is 0.301 e. The minimum atomic E-state index is -3.56. The van der Waals surface area contributed by atoms with Gasteiger partial charge in [-0.2, -0.15) is 12.7 Å². The Kier molecular flexibility index (Phi) is 4.95. The molecular weight excluding hydrogens is 272 g/mol. The molecular formula is C10H16N4O4S. The van der Waals surface area contributed by atoms with Crippen molar-refractivity contribution in [2.75, 3.05) is 25.4 Å². The summed E-state index contributed by atoms with van der Waals surface area (Å²) in [4.78, 5) is 0. The molecule has 0 bridgehead atoms. The second-order valence-electron chi connectivity index (χ2n) is 3.80. The highest BCUT2D eigenvalue weighted by atomic mass is 32.2. The highest BCUT2D eigenvalue weighted by Gasteiger charge is 2.13. The van der Waals surface area contributed by atoms with Crippen molar-refractivity contribution in [3.05, 3.63) is 24.3 Å². The van der Waals surface area contributed by atoms with Gasteiger partial charge in [-0.15, -0.1) is 0 Å². The lowest BCUT2D eigenvalue weighted by atomic mass is 10.3. The summed E-state index contributed by atoms with van der Waals surface area (Å²) in [6, 6.07) is 6.32. The van der Waals surface area contributed by atoms with E-state index in [1.54, 1.807) is 18.2 Å². The minimum absolute atomic E-state index is 0.0840. The highest BCUT2D eigenvalue weighted by Crippen LogP contribution is 2.18. The monoisotopic (exact) mass is 288 g/mol. The normalized spacial score (nSPS) is 12.5. The van der Waals surface area contributed by atoms with E-state index in [0.717, 1.165) is 4.31 Å². The van der Waals surface area contributed by atoms with Gasteiger partial charge in [0.25, 0.3) is 0 Å². The van der Waals surface area contributed by atoms with Crippen molar-refractivity contribution < 1.29 is 18.4 Å². The fraction of sp³-hybridized carbons (Fsp3) is 0.300. The van der Waals surface area contributed by atoms with Gasteiger partial charge in [-0.25, -0.2) is 0 Å². The average Bonchev–Trinajstić information content (AvgIpc) is 2.35. The Labute approximate surface area is 111 Å². The zero-order chi connectivity index (χ0) is 14.5. The summed E-state index contributed by atoms with van der Waals surface area (Å²) in [5, 5.41) is 11.1. The largest absolute Gasteiger partial charge is 0.485 e. The van der Waals surface area contributed by atoms with E-state index < -0.39 is 10.2 Å². The van der Waals surface area contributed by atoms with E-state index in [1.807, 2.05) is 0 Å². The molecule has 1 rings (SSSR count). The molecule has 0 heterocycles. The van der Waals surface area contributed by atoms with E-state index in [9.17, 15) is 8.42 Å². The molecule has 19 heavy (non-hydrogen) atoms. The molecule has 0 aliphatic carbocycles. The molecule has 0 aliphatic rings. The zero-order valence-electron chi connectivity index (χ0n) is 10.6. The fourth-order valence-corrected chi connectivity index (χ4v) is 1.68. The number of anilines is 1. The average molecular weight is 288 g/mol. The van der Waals surface area contributed by atoms with Gasteiger partial charge in [0.05, 0.1) is 5.69 Å². The minimum Gasteiger partial charge on any atom is -0.485 e. The first-order valence-electron chi connectivity index (χ1n) is 5.24. The van der Waals surface area contributed by atoms with Crippen LogP contribution in [-0.4, -0.2) is 44.5 Å². The van der Waals surface area contributed by atoms with Crippen LogP contribution in [0.4, 0.5) is 5.69 Å². The van der Waals surface area contributed by atoms with Crippen molar-refractivity contribution in [1.29, 1.82) is 0 Å². The van der Waals surface area contributed by atoms with E-state index >= 15 is 0 Å². The van der Waals surface area contributed by atoms with E-state index in [-0.39, 0.29) is 12.4 Å². The van der Waals surface area contributed by atoms with Crippen LogP contribution >= 0.6 is 0 Å². The molecule has 0 aromatic heterocycles. The van der Waals surface area contributed by atoms with Crippen LogP contribution in [0.3, 0.4) is 0 Å². The lowest BCUT2D eigenvalue weighted by Gasteiger charge is -2.14. The Hall–Kier alpha value is -2.00. The van der Waals surface area contributed by atoms with Gasteiger partial charge in [-0.1, -0.05) is 11.2 Å². The molecule has 8 nitrogen and oxygen atoms in total. The molecule has 1 aromatic rings. The molecule has 106 valence electrons. The highest BCUT2D eigenvalue weighted by molar-refractivity contribution is 7.90. The first kappa shape index (κ1) is 15.1. The molecule has 0 aliphatic heterocycles. The SMILES string of the molecule is CN(C)S(=O)(=O)Nc1cccc(OC/C(N)=N/O)c1. The van der Waals surface area contributed by atoms with E-state index in [2.05, 4.69) is 9.88 Å². The molecule has 0 unspecified atom stereocenters. The lowest BCUT2D eigenvalue weighted by molar-refractivity contribution is 0.306. The van der Waals surface area contributed by atoms with Crippen molar-refractivity contribution in [3.8, 4) is 5.75 Å². The number of benzene rings is 1. The van der Waals surface area contributed by atoms with Gasteiger partial charge >= 0.3 is 10.2 Å². The molecule has 0 spiro atoms. The van der Waals surface area contributed by atoms with Crippen LogP contribution in [0.5, 0.6) is 5.75 Å². The third-order valence-corrected chi connectivity index (χ3v) is 3.53. The lowest BCUT2D eigenvalue weighted by Crippen LogP contribution is -2.28. The summed E-state index contributed by atoms with van der Waals surface area (Å²) in [7, 11) is -0.729. The van der Waals surface area contributed by atoms with Crippen molar-refractivity contribution in [2.24, 2.45) is 10.9 Å². The molecule has 1 aromatic carbocycles. The summed E-state index contributed by atoms with van der Waals surface area (Å²) < 4.78 is 31.9. The maximum atomic E-state index is 11.6. The Bertz CT molecular complexity index is 556. The number of nitrogens with zero attached hydrogens (tertiary/aromatic N) is 2. The van der Waals surface area contributed by atoms with Gasteiger partial charge in [0, 0.05) is 20.2 Å². The number of nitrogens with one attached hydrogen (secondary N) is 1. The fourth-order valence-electron chi connectivity index (χ4n) is 1.08. The van der Waals surface area contributed by atoms with Crippen LogP contribution in [0.1, 0.15) is 0 Å². The maximum Gasteiger partial charge on any atom is 0.301 e. The molecule has 0 saturated carbocycles. The van der Waals surface area contributed by atoms with E-state index in [1.165, 1.54) is 20.2 Å². The topological polar surface area (TPSA) is 117 Å². The molecule has 9 heteroatoms. The summed E-state index contributed by atoms with van der Waals surface area (Å²) in [6.07, 6.45) is 0. The van der Waals surface area contributed by atoms with Gasteiger partial charge in [0.15, 0.2) is 5.84 Å². The number of nitrogens with two attached hydrogens (primary N) is 1. The number of hydrogen-bond donors (Lipinski definition) is 3. The second kappa shape index (κ2) is 6.25. The third kappa shape index (κ3) is 4.64. The Morgan fingerprint density at radius 1 is 1.53 bits per heavy atom. The Morgan fingerprint density at radius 3 is 2.79 bits per heavy atom. The number of hydrogen-bond acceptors (Lipinski definition) is 5. The third-order valence-electron chi connectivity index (χ3n) is 2.08. The van der Waals surface area contributed by atoms with E-state index in [4.69, 9.17) is 15.7 Å². The summed E-state index contributed by atoms with van der Waals surface area (Å²) in [5.74, 6) is 0.310. The molecule has 0 atom stereocenters. The molecule has 0 amide bonds. The van der Waals surface area contributed by atoms with Crippen LogP contribution < -0.4 is 15.2 Å². The van der Waals surface area contributed by atoms with Crippen LogP contribution in [0.25, 0.3) is 0 Å². The van der Waals surface area contributed by atoms with Crippen LogP contribution in [0, 0.1) is 0 Å². The Balaban J connectivity index is 2.78.